The highest BCUT2D eigenvalue weighted by molar-refractivity contribution is 14.1. The van der Waals surface area contributed by atoms with Crippen LogP contribution in [0.15, 0.2) is 46.2 Å². The molecule has 0 fully saturated rings. The van der Waals surface area contributed by atoms with Gasteiger partial charge < -0.3 is 9.80 Å². The van der Waals surface area contributed by atoms with Crippen molar-refractivity contribution in [3.05, 3.63) is 55.3 Å². The van der Waals surface area contributed by atoms with Gasteiger partial charge in [0.1, 0.15) is 0 Å². The summed E-state index contributed by atoms with van der Waals surface area (Å²) in [6.45, 7) is 2.01. The van der Waals surface area contributed by atoms with E-state index in [1.54, 1.807) is 0 Å². The lowest BCUT2D eigenvalue weighted by atomic mass is 10.0. The van der Waals surface area contributed by atoms with Crippen LogP contribution in [-0.4, -0.2) is 37.0 Å². The van der Waals surface area contributed by atoms with Crippen molar-refractivity contribution in [1.29, 1.82) is 0 Å². The molecule has 1 aromatic carbocycles. The van der Waals surface area contributed by atoms with E-state index >= 15 is 0 Å². The summed E-state index contributed by atoms with van der Waals surface area (Å²) in [6.07, 6.45) is 6.67. The minimum Gasteiger partial charge on any atom is -0.365 e. The second-order valence-corrected chi connectivity index (χ2v) is 7.43. The molecular formula is C15H18I2N2. The van der Waals surface area contributed by atoms with E-state index in [4.69, 9.17) is 0 Å². The van der Waals surface area contributed by atoms with Gasteiger partial charge in [0.15, 0.2) is 0 Å². The molecule has 2 nitrogen and oxygen atoms in total. The Hall–Kier alpha value is -0.0800. The van der Waals surface area contributed by atoms with Gasteiger partial charge in [-0.2, -0.15) is 0 Å². The fourth-order valence-electron chi connectivity index (χ4n) is 2.18. The smallest absolute Gasteiger partial charge is 0.0667 e. The van der Waals surface area contributed by atoms with Crippen molar-refractivity contribution < 1.29 is 0 Å². The summed E-state index contributed by atoms with van der Waals surface area (Å²) in [5.74, 6) is 0. The molecule has 0 saturated heterocycles. The van der Waals surface area contributed by atoms with Crippen molar-refractivity contribution in [1.82, 2.24) is 9.80 Å². The third-order valence-corrected chi connectivity index (χ3v) is 4.57. The number of nitrogens with zero attached hydrogens (tertiary/aromatic N) is 2. The lowest BCUT2D eigenvalue weighted by molar-refractivity contribution is 0.235. The Balaban J connectivity index is 2.24. The van der Waals surface area contributed by atoms with Gasteiger partial charge in [-0.05, 0) is 83.0 Å². The summed E-state index contributed by atoms with van der Waals surface area (Å²) in [7, 11) is 4.27. The molecule has 1 atom stereocenters. The maximum Gasteiger partial charge on any atom is 0.0667 e. The standard InChI is InChI=1S/C15H18I2N2/c1-18(2)11-15(12-4-3-5-14(17)10-12)19-8-6-13(16)7-9-19/h3-8,10,15H,9,11H2,1-2H3. The number of likely N-dealkylation sites (N-methyl/N-ethyl adjacent to an activating group) is 1. The molecule has 0 radical (unpaired) electrons. The zero-order valence-electron chi connectivity index (χ0n) is 11.2. The van der Waals surface area contributed by atoms with Crippen LogP contribution in [0.25, 0.3) is 0 Å². The molecule has 0 N–H and O–H groups in total. The summed E-state index contributed by atoms with van der Waals surface area (Å²) in [4.78, 5) is 4.66. The monoisotopic (exact) mass is 480 g/mol. The van der Waals surface area contributed by atoms with Gasteiger partial charge in [0.25, 0.3) is 0 Å². The molecular weight excluding hydrogens is 462 g/mol. The Labute approximate surface area is 142 Å². The molecule has 1 aromatic rings. The highest BCUT2D eigenvalue weighted by atomic mass is 127. The first-order valence-electron chi connectivity index (χ1n) is 6.26. The average molecular weight is 480 g/mol. The number of allylic oxidation sites excluding steroid dienone is 2. The highest BCUT2D eigenvalue weighted by Crippen LogP contribution is 2.26. The average Bonchev–Trinajstić information content (AvgIpc) is 2.37. The van der Waals surface area contributed by atoms with Crippen molar-refractivity contribution in [2.24, 2.45) is 0 Å². The van der Waals surface area contributed by atoms with Crippen LogP contribution in [0.4, 0.5) is 0 Å². The molecule has 0 spiro atoms. The number of benzene rings is 1. The Morgan fingerprint density at radius 2 is 2.11 bits per heavy atom. The first-order chi connectivity index (χ1) is 9.06. The minimum atomic E-state index is 0.404. The number of rotatable bonds is 4. The van der Waals surface area contributed by atoms with E-state index in [-0.39, 0.29) is 0 Å². The van der Waals surface area contributed by atoms with Gasteiger partial charge in [-0.25, -0.2) is 0 Å². The van der Waals surface area contributed by atoms with E-state index in [9.17, 15) is 0 Å². The normalized spacial score (nSPS) is 16.7. The van der Waals surface area contributed by atoms with Gasteiger partial charge in [-0.15, -0.1) is 0 Å². The molecule has 1 heterocycles. The predicted octanol–water partition coefficient (Wildman–Crippen LogP) is 4.04. The summed E-state index contributed by atoms with van der Waals surface area (Å²) < 4.78 is 2.62. The Bertz CT molecular complexity index is 495. The van der Waals surface area contributed by atoms with E-state index in [1.807, 2.05) is 0 Å². The lowest BCUT2D eigenvalue weighted by Crippen LogP contribution is -2.33. The molecule has 19 heavy (non-hydrogen) atoms. The van der Waals surface area contributed by atoms with E-state index in [1.165, 1.54) is 12.7 Å². The maximum atomic E-state index is 2.41. The third kappa shape index (κ3) is 4.46. The van der Waals surface area contributed by atoms with E-state index < -0.39 is 0 Å². The van der Waals surface area contributed by atoms with Crippen LogP contribution in [0.2, 0.25) is 0 Å². The second-order valence-electron chi connectivity index (χ2n) is 4.93. The van der Waals surface area contributed by atoms with E-state index in [0.717, 1.165) is 13.1 Å². The molecule has 102 valence electrons. The quantitative estimate of drug-likeness (QED) is 0.601. The maximum absolute atomic E-state index is 2.41. The van der Waals surface area contributed by atoms with Crippen molar-refractivity contribution in [3.8, 4) is 0 Å². The van der Waals surface area contributed by atoms with Crippen LogP contribution in [0.3, 0.4) is 0 Å². The molecule has 0 aliphatic carbocycles. The van der Waals surface area contributed by atoms with E-state index in [0.29, 0.717) is 6.04 Å². The first kappa shape index (κ1) is 15.3. The highest BCUT2D eigenvalue weighted by Gasteiger charge is 2.19. The van der Waals surface area contributed by atoms with Crippen LogP contribution < -0.4 is 0 Å². The van der Waals surface area contributed by atoms with Crippen molar-refractivity contribution >= 4 is 45.2 Å². The van der Waals surface area contributed by atoms with Crippen LogP contribution in [0, 0.1) is 3.57 Å². The van der Waals surface area contributed by atoms with Gasteiger partial charge in [-0.3, -0.25) is 0 Å². The summed E-state index contributed by atoms with van der Waals surface area (Å²) in [5, 5.41) is 0. The Morgan fingerprint density at radius 3 is 2.68 bits per heavy atom. The van der Waals surface area contributed by atoms with Gasteiger partial charge in [0, 0.05) is 26.4 Å². The van der Waals surface area contributed by atoms with Crippen LogP contribution >= 0.6 is 45.2 Å². The summed E-state index contributed by atoms with van der Waals surface area (Å²) >= 11 is 4.75. The van der Waals surface area contributed by atoms with Crippen LogP contribution in [0.5, 0.6) is 0 Å². The van der Waals surface area contributed by atoms with Crippen molar-refractivity contribution in [2.75, 3.05) is 27.2 Å². The molecule has 4 heteroatoms. The fourth-order valence-corrected chi connectivity index (χ4v) is 3.11. The molecule has 2 rings (SSSR count). The molecule has 0 amide bonds. The predicted molar refractivity (Wildman–Crippen MR) is 98.4 cm³/mol. The topological polar surface area (TPSA) is 6.48 Å². The van der Waals surface area contributed by atoms with Crippen molar-refractivity contribution in [3.63, 3.8) is 0 Å². The number of hydrogen-bond donors (Lipinski definition) is 0. The number of hydrogen-bond acceptors (Lipinski definition) is 2. The van der Waals surface area contributed by atoms with E-state index in [2.05, 4.69) is 112 Å². The van der Waals surface area contributed by atoms with Gasteiger partial charge >= 0.3 is 0 Å². The Kier molecular flexibility index (Phi) is 5.70. The fraction of sp³-hybridized carbons (Fsp3) is 0.333. The summed E-state index contributed by atoms with van der Waals surface area (Å²) in [6, 6.07) is 9.21. The van der Waals surface area contributed by atoms with Crippen molar-refractivity contribution in [2.45, 2.75) is 6.04 Å². The largest absolute Gasteiger partial charge is 0.365 e. The molecule has 1 aliphatic heterocycles. The first-order valence-corrected chi connectivity index (χ1v) is 8.42. The molecule has 0 aromatic heterocycles. The second kappa shape index (κ2) is 7.08. The van der Waals surface area contributed by atoms with Gasteiger partial charge in [0.2, 0.25) is 0 Å². The Morgan fingerprint density at radius 1 is 1.32 bits per heavy atom. The van der Waals surface area contributed by atoms with Gasteiger partial charge in [0.05, 0.1) is 6.04 Å². The summed E-state index contributed by atoms with van der Waals surface area (Å²) in [5.41, 5.74) is 1.38. The molecule has 0 bridgehead atoms. The number of halogens is 2. The zero-order chi connectivity index (χ0) is 13.8. The SMILES string of the molecule is CN(C)CC(c1cccc(I)c1)N1C=CC(I)=CC1. The molecule has 1 unspecified atom stereocenters. The van der Waals surface area contributed by atoms with Gasteiger partial charge in [-0.1, -0.05) is 18.2 Å². The minimum absolute atomic E-state index is 0.404. The van der Waals surface area contributed by atoms with Crippen LogP contribution in [-0.2, 0) is 0 Å². The molecule has 1 aliphatic rings. The molecule has 0 saturated carbocycles. The van der Waals surface area contributed by atoms with Crippen LogP contribution in [0.1, 0.15) is 11.6 Å². The zero-order valence-corrected chi connectivity index (χ0v) is 15.5. The lowest BCUT2D eigenvalue weighted by Gasteiger charge is -2.33. The third-order valence-electron chi connectivity index (χ3n) is 3.09.